The van der Waals surface area contributed by atoms with Crippen LogP contribution >= 0.6 is 0 Å². The van der Waals surface area contributed by atoms with E-state index in [1.807, 2.05) is 6.07 Å². The molecule has 4 heteroatoms. The van der Waals surface area contributed by atoms with Gasteiger partial charge in [0.2, 0.25) is 9.84 Å². The largest absolute Gasteiger partial charge is 0.388 e. The average molecular weight is 527 g/mol. The van der Waals surface area contributed by atoms with E-state index in [9.17, 15) is 13.5 Å². The van der Waals surface area contributed by atoms with Crippen LogP contribution in [0.25, 0.3) is 0 Å². The Morgan fingerprint density at radius 2 is 1.65 bits per heavy atom. The monoisotopic (exact) mass is 526 g/mol. The van der Waals surface area contributed by atoms with Gasteiger partial charge in [-0.15, -0.1) is 0 Å². The lowest BCUT2D eigenvalue weighted by Crippen LogP contribution is -2.52. The molecule has 3 nitrogen and oxygen atoms in total. The van der Waals surface area contributed by atoms with Crippen molar-refractivity contribution in [3.05, 3.63) is 40.8 Å². The van der Waals surface area contributed by atoms with Crippen molar-refractivity contribution < 1.29 is 13.5 Å². The highest BCUT2D eigenvalue weighted by atomic mass is 32.2. The minimum Gasteiger partial charge on any atom is -0.388 e. The summed E-state index contributed by atoms with van der Waals surface area (Å²) in [4.78, 5) is 0.673. The van der Waals surface area contributed by atoms with E-state index in [1.54, 1.807) is 24.3 Å². The summed E-state index contributed by atoms with van der Waals surface area (Å²) in [6.07, 6.45) is 11.8. The lowest BCUT2D eigenvalue weighted by molar-refractivity contribution is -0.0631. The molecule has 0 spiro atoms. The first-order valence-electron chi connectivity index (χ1n) is 15.2. The Hall–Kier alpha value is -1.13. The van der Waals surface area contributed by atoms with Crippen molar-refractivity contribution in [3.8, 4) is 0 Å². The molecule has 0 radical (unpaired) electrons. The molecule has 0 bridgehead atoms. The number of benzene rings is 1. The maximum absolute atomic E-state index is 13.8. The van der Waals surface area contributed by atoms with Crippen molar-refractivity contribution in [3.63, 3.8) is 0 Å². The maximum atomic E-state index is 13.8. The second-order valence-electron chi connectivity index (χ2n) is 14.1. The maximum Gasteiger partial charge on any atom is 0.205 e. The van der Waals surface area contributed by atoms with Crippen LogP contribution in [0.5, 0.6) is 0 Å². The number of rotatable bonds is 7. The van der Waals surface area contributed by atoms with Crippen LogP contribution in [0.4, 0.5) is 0 Å². The van der Waals surface area contributed by atoms with Gasteiger partial charge in [-0.3, -0.25) is 0 Å². The number of allylic oxidation sites excluding steroid dienone is 1. The van der Waals surface area contributed by atoms with Crippen LogP contribution in [0.3, 0.4) is 0 Å². The molecule has 1 aromatic carbocycles. The lowest BCUT2D eigenvalue weighted by Gasteiger charge is -2.59. The first-order valence-corrected chi connectivity index (χ1v) is 16.7. The van der Waals surface area contributed by atoms with E-state index < -0.39 is 15.9 Å². The van der Waals surface area contributed by atoms with Gasteiger partial charge >= 0.3 is 0 Å². The topological polar surface area (TPSA) is 54.4 Å². The first-order chi connectivity index (χ1) is 17.5. The summed E-state index contributed by atoms with van der Waals surface area (Å²) in [5.74, 6) is 4.42. The summed E-state index contributed by atoms with van der Waals surface area (Å²) in [6, 6.07) is 8.78. The number of hydrogen-bond acceptors (Lipinski definition) is 3. The Kier molecular flexibility index (Phi) is 7.50. The highest BCUT2D eigenvalue weighted by Crippen LogP contribution is 2.68. The number of fused-ring (bicyclic) bond motifs is 5. The minimum atomic E-state index is -3.69. The lowest BCUT2D eigenvalue weighted by atomic mass is 9.46. The Morgan fingerprint density at radius 3 is 2.35 bits per heavy atom. The quantitative estimate of drug-likeness (QED) is 0.390. The van der Waals surface area contributed by atoms with Crippen molar-refractivity contribution in [1.82, 2.24) is 0 Å². The van der Waals surface area contributed by atoms with Gasteiger partial charge < -0.3 is 5.11 Å². The SMILES string of the molecule is CC(C)CCC[C@@H](C)[C@H]1CC[C@H]2[C@@H]3CCC4=C(S(=O)(=O)c5ccccc5)[C@@H](O)CC[C@]4(C)[C@H]3CC[C@]12C. The number of aliphatic hydroxyl groups excluding tert-OH is 1. The molecular formula is C33H50O3S. The molecule has 0 saturated heterocycles. The second-order valence-corrected chi connectivity index (χ2v) is 16.0. The third-order valence-corrected chi connectivity index (χ3v) is 13.7. The fourth-order valence-electron chi connectivity index (χ4n) is 9.90. The highest BCUT2D eigenvalue weighted by Gasteiger charge is 2.60. The molecule has 0 aliphatic heterocycles. The van der Waals surface area contributed by atoms with E-state index >= 15 is 0 Å². The third-order valence-electron chi connectivity index (χ3n) is 11.8. The normalized spacial score (nSPS) is 38.7. The van der Waals surface area contributed by atoms with Crippen LogP contribution in [-0.4, -0.2) is 19.6 Å². The Morgan fingerprint density at radius 1 is 0.919 bits per heavy atom. The van der Waals surface area contributed by atoms with Gasteiger partial charge in [0.15, 0.2) is 0 Å². The summed E-state index contributed by atoms with van der Waals surface area (Å²) < 4.78 is 27.6. The van der Waals surface area contributed by atoms with Gasteiger partial charge in [0.25, 0.3) is 0 Å². The van der Waals surface area contributed by atoms with E-state index in [-0.39, 0.29) is 5.41 Å². The molecular weight excluding hydrogens is 476 g/mol. The van der Waals surface area contributed by atoms with Gasteiger partial charge in [0.05, 0.1) is 15.9 Å². The van der Waals surface area contributed by atoms with Gasteiger partial charge in [-0.1, -0.05) is 72.1 Å². The van der Waals surface area contributed by atoms with E-state index in [0.717, 1.165) is 48.5 Å². The summed E-state index contributed by atoms with van der Waals surface area (Å²) in [5, 5.41) is 11.1. The number of sulfone groups is 1. The van der Waals surface area contributed by atoms with Gasteiger partial charge in [0, 0.05) is 0 Å². The summed E-state index contributed by atoms with van der Waals surface area (Å²) >= 11 is 0. The van der Waals surface area contributed by atoms with Crippen LogP contribution in [0.15, 0.2) is 45.7 Å². The van der Waals surface area contributed by atoms with Crippen molar-refractivity contribution in [1.29, 1.82) is 0 Å². The first kappa shape index (κ1) is 27.4. The van der Waals surface area contributed by atoms with E-state index in [1.165, 1.54) is 44.9 Å². The predicted octanol–water partition coefficient (Wildman–Crippen LogP) is 8.19. The Labute approximate surface area is 226 Å². The fourth-order valence-corrected chi connectivity index (χ4v) is 11.8. The zero-order chi connectivity index (χ0) is 26.6. The molecule has 1 aromatic rings. The van der Waals surface area contributed by atoms with E-state index in [4.69, 9.17) is 0 Å². The number of hydrogen-bond donors (Lipinski definition) is 1. The van der Waals surface area contributed by atoms with Crippen LogP contribution in [-0.2, 0) is 9.84 Å². The summed E-state index contributed by atoms with van der Waals surface area (Å²) in [5.41, 5.74) is 1.39. The van der Waals surface area contributed by atoms with E-state index in [0.29, 0.717) is 33.5 Å². The molecule has 5 rings (SSSR count). The molecule has 0 amide bonds. The molecule has 37 heavy (non-hydrogen) atoms. The molecule has 0 heterocycles. The van der Waals surface area contributed by atoms with Gasteiger partial charge in [-0.2, -0.15) is 0 Å². The van der Waals surface area contributed by atoms with Crippen LogP contribution in [0.1, 0.15) is 105 Å². The molecule has 1 N–H and O–H groups in total. The van der Waals surface area contributed by atoms with Crippen LogP contribution in [0.2, 0.25) is 0 Å². The molecule has 4 aliphatic rings. The molecule has 0 aromatic heterocycles. The Bertz CT molecular complexity index is 1110. The predicted molar refractivity (Wildman–Crippen MR) is 152 cm³/mol. The number of aliphatic hydroxyl groups is 1. The standard InChI is InChI=1S/C33H50O3S/c1-22(2)10-9-11-23(3)26-16-17-27-25-14-15-29-31(37(35,36)24-12-7-6-8-13-24)30(34)19-21-33(29,5)28(25)18-20-32(26,27)4/h6-8,12-13,22-23,25-28,30,34H,9-11,14-21H2,1-5H3/t23-,25+,26-,27+,28+,30+,32-,33-/m1/s1. The molecule has 4 aliphatic carbocycles. The summed E-state index contributed by atoms with van der Waals surface area (Å²) in [6.45, 7) is 12.2. The van der Waals surface area contributed by atoms with Crippen LogP contribution in [0, 0.1) is 46.3 Å². The third kappa shape index (κ3) is 4.56. The molecule has 8 atom stereocenters. The molecule has 3 saturated carbocycles. The molecule has 3 fully saturated rings. The zero-order valence-corrected chi connectivity index (χ0v) is 24.7. The fraction of sp³-hybridized carbons (Fsp3) is 0.758. The van der Waals surface area contributed by atoms with E-state index in [2.05, 4.69) is 34.6 Å². The van der Waals surface area contributed by atoms with Gasteiger partial charge in [0.1, 0.15) is 0 Å². The zero-order valence-electron chi connectivity index (χ0n) is 23.9. The van der Waals surface area contributed by atoms with Crippen molar-refractivity contribution in [2.75, 3.05) is 0 Å². The van der Waals surface area contributed by atoms with Crippen molar-refractivity contribution in [2.24, 2.45) is 46.3 Å². The van der Waals surface area contributed by atoms with Gasteiger partial charge in [-0.05, 0) is 115 Å². The van der Waals surface area contributed by atoms with Gasteiger partial charge in [-0.25, -0.2) is 8.42 Å². The summed E-state index contributed by atoms with van der Waals surface area (Å²) in [7, 11) is -3.69. The van der Waals surface area contributed by atoms with Crippen molar-refractivity contribution >= 4 is 9.84 Å². The minimum absolute atomic E-state index is 0.109. The smallest absolute Gasteiger partial charge is 0.205 e. The van der Waals surface area contributed by atoms with Crippen molar-refractivity contribution in [2.45, 2.75) is 116 Å². The average Bonchev–Trinajstić information content (AvgIpc) is 3.22. The highest BCUT2D eigenvalue weighted by molar-refractivity contribution is 7.95. The second kappa shape index (κ2) is 10.1. The molecule has 0 unspecified atom stereocenters. The van der Waals surface area contributed by atoms with Crippen LogP contribution < -0.4 is 0 Å². The molecule has 206 valence electrons. The Balaban J connectivity index is 1.42.